The predicted octanol–water partition coefficient (Wildman–Crippen LogP) is 2.36. The van der Waals surface area contributed by atoms with E-state index >= 15 is 0 Å². The Balaban J connectivity index is 1.98. The summed E-state index contributed by atoms with van der Waals surface area (Å²) in [7, 11) is -1.49. The normalized spacial score (nSPS) is 11.8. The Morgan fingerprint density at radius 3 is 2.67 bits per heavy atom. The summed E-state index contributed by atoms with van der Waals surface area (Å²) < 4.78 is 17.6. The lowest BCUT2D eigenvalue weighted by Crippen LogP contribution is -2.10. The van der Waals surface area contributed by atoms with Crippen LogP contribution in [0, 0.1) is 10.1 Å². The van der Waals surface area contributed by atoms with Gasteiger partial charge >= 0.3 is 0 Å². The third kappa shape index (κ3) is 4.03. The highest BCUT2D eigenvalue weighted by Crippen LogP contribution is 2.21. The average Bonchev–Trinajstić information content (AvgIpc) is 2.47. The molecule has 0 saturated carbocycles. The summed E-state index contributed by atoms with van der Waals surface area (Å²) >= 11 is 0. The maximum atomic E-state index is 12.1. The maximum absolute atomic E-state index is 12.1. The highest BCUT2D eigenvalue weighted by Gasteiger charge is 2.17. The van der Waals surface area contributed by atoms with Gasteiger partial charge in [-0.25, -0.2) is 0 Å². The zero-order valence-corrected chi connectivity index (χ0v) is 11.9. The summed E-state index contributed by atoms with van der Waals surface area (Å²) in [5.41, 5.74) is 6.06. The third-order valence-corrected chi connectivity index (χ3v) is 4.08. The van der Waals surface area contributed by atoms with Gasteiger partial charge in [-0.1, -0.05) is 18.2 Å². The first-order valence-corrected chi connectivity index (χ1v) is 7.50. The topological polar surface area (TPSA) is 95.5 Å². The molecule has 0 radical (unpaired) electrons. The Bertz CT molecular complexity index is 676. The molecule has 0 amide bonds. The number of ether oxygens (including phenoxy) is 1. The van der Waals surface area contributed by atoms with Crippen LogP contribution in [-0.2, 0) is 10.8 Å². The molecule has 0 aliphatic carbocycles. The van der Waals surface area contributed by atoms with Crippen molar-refractivity contribution >= 4 is 22.2 Å². The van der Waals surface area contributed by atoms with Gasteiger partial charge < -0.3 is 10.5 Å². The van der Waals surface area contributed by atoms with Gasteiger partial charge in [0.05, 0.1) is 21.5 Å². The molecule has 2 N–H and O–H groups in total. The second kappa shape index (κ2) is 6.85. The van der Waals surface area contributed by atoms with Crippen molar-refractivity contribution in [3.8, 4) is 5.75 Å². The summed E-state index contributed by atoms with van der Waals surface area (Å²) in [4.78, 5) is 10.6. The monoisotopic (exact) mass is 306 g/mol. The third-order valence-electron chi connectivity index (χ3n) is 2.70. The van der Waals surface area contributed by atoms with Gasteiger partial charge in [-0.15, -0.1) is 0 Å². The lowest BCUT2D eigenvalue weighted by molar-refractivity contribution is -0.387. The number of nitro benzene ring substituents is 1. The Morgan fingerprint density at radius 2 is 1.95 bits per heavy atom. The van der Waals surface area contributed by atoms with Crippen molar-refractivity contribution in [2.75, 3.05) is 18.1 Å². The van der Waals surface area contributed by atoms with Crippen LogP contribution < -0.4 is 10.5 Å². The minimum Gasteiger partial charge on any atom is -0.493 e. The Labute approximate surface area is 124 Å². The van der Waals surface area contributed by atoms with E-state index in [1.807, 2.05) is 0 Å². The van der Waals surface area contributed by atoms with E-state index in [1.165, 1.54) is 12.1 Å². The molecule has 0 heterocycles. The van der Waals surface area contributed by atoms with Gasteiger partial charge in [0.25, 0.3) is 5.69 Å². The Kier molecular flexibility index (Phi) is 4.89. The number of hydrogen-bond acceptors (Lipinski definition) is 5. The maximum Gasteiger partial charge on any atom is 0.285 e. The minimum absolute atomic E-state index is 0.139. The molecule has 0 spiro atoms. The van der Waals surface area contributed by atoms with Crippen LogP contribution in [0.25, 0.3) is 0 Å². The van der Waals surface area contributed by atoms with Crippen LogP contribution in [0.15, 0.2) is 53.4 Å². The van der Waals surface area contributed by atoms with Crippen LogP contribution in [0.5, 0.6) is 5.75 Å². The second-order valence-corrected chi connectivity index (χ2v) is 5.73. The number of nitrogens with two attached hydrogens (primary N) is 1. The van der Waals surface area contributed by atoms with Gasteiger partial charge in [-0.2, -0.15) is 0 Å². The molecule has 0 aliphatic rings. The fourth-order valence-electron chi connectivity index (χ4n) is 1.75. The first-order chi connectivity index (χ1) is 10.1. The van der Waals surface area contributed by atoms with Crippen LogP contribution in [0.2, 0.25) is 0 Å². The van der Waals surface area contributed by atoms with E-state index in [2.05, 4.69) is 0 Å². The van der Waals surface area contributed by atoms with E-state index in [0.29, 0.717) is 11.4 Å². The van der Waals surface area contributed by atoms with Crippen molar-refractivity contribution < 1.29 is 13.9 Å². The molecule has 6 nitrogen and oxygen atoms in total. The molecule has 1 atom stereocenters. The van der Waals surface area contributed by atoms with Crippen molar-refractivity contribution in [2.45, 2.75) is 4.90 Å². The fraction of sp³-hybridized carbons (Fsp3) is 0.143. The summed E-state index contributed by atoms with van der Waals surface area (Å²) in [6, 6.07) is 12.9. The Hall–Kier alpha value is -2.41. The molecular weight excluding hydrogens is 292 g/mol. The van der Waals surface area contributed by atoms with Gasteiger partial charge in [0.15, 0.2) is 0 Å². The van der Waals surface area contributed by atoms with Gasteiger partial charge in [-0.3, -0.25) is 14.3 Å². The number of nitrogen functional groups attached to an aromatic ring is 1. The van der Waals surface area contributed by atoms with Gasteiger partial charge in [0.1, 0.15) is 17.3 Å². The van der Waals surface area contributed by atoms with Crippen LogP contribution in [0.4, 0.5) is 11.4 Å². The van der Waals surface area contributed by atoms with E-state index < -0.39 is 15.7 Å². The first kappa shape index (κ1) is 15.0. The number of rotatable bonds is 6. The van der Waals surface area contributed by atoms with Crippen LogP contribution in [-0.4, -0.2) is 21.5 Å². The van der Waals surface area contributed by atoms with E-state index in [-0.39, 0.29) is 22.9 Å². The highest BCUT2D eigenvalue weighted by molar-refractivity contribution is 7.85. The molecule has 0 aromatic heterocycles. The van der Waals surface area contributed by atoms with Gasteiger partial charge in [0.2, 0.25) is 0 Å². The molecule has 2 rings (SSSR count). The number of nitrogens with zero attached hydrogens (tertiary/aromatic N) is 1. The molecule has 0 saturated heterocycles. The van der Waals surface area contributed by atoms with E-state index in [9.17, 15) is 14.3 Å². The van der Waals surface area contributed by atoms with E-state index in [1.54, 1.807) is 36.4 Å². The van der Waals surface area contributed by atoms with Crippen molar-refractivity contribution in [3.05, 3.63) is 58.6 Å². The summed E-state index contributed by atoms with van der Waals surface area (Å²) in [6.07, 6.45) is 0. The van der Waals surface area contributed by atoms with Gasteiger partial charge in [-0.05, 0) is 18.2 Å². The molecule has 0 fully saturated rings. The molecule has 7 heteroatoms. The van der Waals surface area contributed by atoms with Crippen LogP contribution in [0.3, 0.4) is 0 Å². The quantitative estimate of drug-likeness (QED) is 0.502. The lowest BCUT2D eigenvalue weighted by Gasteiger charge is -2.07. The minimum atomic E-state index is -1.49. The van der Waals surface area contributed by atoms with Crippen LogP contribution in [0.1, 0.15) is 0 Å². The molecule has 2 aromatic rings. The first-order valence-electron chi connectivity index (χ1n) is 6.18. The number of hydrogen-bond donors (Lipinski definition) is 1. The van der Waals surface area contributed by atoms with Crippen LogP contribution >= 0.6 is 0 Å². The SMILES string of the molecule is Nc1cccc(OCCS(=O)c2ccccc2[N+](=O)[O-])c1. The number of benzene rings is 2. The summed E-state index contributed by atoms with van der Waals surface area (Å²) in [5.74, 6) is 0.745. The van der Waals surface area contributed by atoms with Crippen molar-refractivity contribution in [3.63, 3.8) is 0 Å². The zero-order chi connectivity index (χ0) is 15.2. The van der Waals surface area contributed by atoms with E-state index in [4.69, 9.17) is 10.5 Å². The van der Waals surface area contributed by atoms with Crippen molar-refractivity contribution in [1.82, 2.24) is 0 Å². The van der Waals surface area contributed by atoms with Gasteiger partial charge in [0, 0.05) is 17.8 Å². The number of anilines is 1. The molecule has 0 aliphatic heterocycles. The van der Waals surface area contributed by atoms with E-state index in [0.717, 1.165) is 0 Å². The largest absolute Gasteiger partial charge is 0.493 e. The smallest absolute Gasteiger partial charge is 0.285 e. The number of para-hydroxylation sites is 1. The second-order valence-electron chi connectivity index (χ2n) is 4.20. The molecular formula is C14H14N2O4S. The molecule has 2 aromatic carbocycles. The number of nitro groups is 1. The zero-order valence-electron chi connectivity index (χ0n) is 11.1. The molecule has 110 valence electrons. The fourth-order valence-corrected chi connectivity index (χ4v) is 2.81. The van der Waals surface area contributed by atoms with Crippen molar-refractivity contribution in [1.29, 1.82) is 0 Å². The molecule has 0 bridgehead atoms. The highest BCUT2D eigenvalue weighted by atomic mass is 32.2. The summed E-state index contributed by atoms with van der Waals surface area (Å²) in [6.45, 7) is 0.183. The molecule has 21 heavy (non-hydrogen) atoms. The standard InChI is InChI=1S/C14H14N2O4S/c15-11-4-3-5-12(10-11)20-8-9-21(19)14-7-2-1-6-13(14)16(17)18/h1-7,10H,8-9,15H2. The summed E-state index contributed by atoms with van der Waals surface area (Å²) in [5, 5.41) is 10.9. The average molecular weight is 306 g/mol. The predicted molar refractivity (Wildman–Crippen MR) is 80.7 cm³/mol. The lowest BCUT2D eigenvalue weighted by atomic mass is 10.3. The van der Waals surface area contributed by atoms with Crippen molar-refractivity contribution in [2.24, 2.45) is 0 Å². The Morgan fingerprint density at radius 1 is 1.19 bits per heavy atom. The molecule has 1 unspecified atom stereocenters.